The molecule has 1 amide bonds. The monoisotopic (exact) mass is 402 g/mol. The lowest BCUT2D eigenvalue weighted by Gasteiger charge is -2.38. The molecule has 0 unspecified atom stereocenters. The van der Waals surface area contributed by atoms with E-state index in [1.807, 2.05) is 47.4 Å². The molecule has 0 aliphatic carbocycles. The van der Waals surface area contributed by atoms with Crippen LogP contribution in [0.25, 0.3) is 11.0 Å². The van der Waals surface area contributed by atoms with E-state index < -0.39 is 0 Å². The minimum Gasteiger partial charge on any atom is -0.330 e. The van der Waals surface area contributed by atoms with E-state index in [0.29, 0.717) is 12.2 Å². The second kappa shape index (κ2) is 9.81. The molecular formula is C25H30N4O. The number of piperidine rings is 1. The molecule has 30 heavy (non-hydrogen) atoms. The molecule has 156 valence electrons. The van der Waals surface area contributed by atoms with Gasteiger partial charge in [0, 0.05) is 25.7 Å². The van der Waals surface area contributed by atoms with E-state index in [0.717, 1.165) is 49.1 Å². The average Bonchev–Trinajstić information content (AvgIpc) is 2.81. The first-order valence-corrected chi connectivity index (χ1v) is 11.0. The highest BCUT2D eigenvalue weighted by Crippen LogP contribution is 2.22. The van der Waals surface area contributed by atoms with Crippen molar-refractivity contribution in [1.82, 2.24) is 19.8 Å². The molecule has 2 aromatic carbocycles. The summed E-state index contributed by atoms with van der Waals surface area (Å²) in [4.78, 5) is 27.2. The van der Waals surface area contributed by atoms with E-state index in [1.54, 1.807) is 6.20 Å². The molecule has 0 radical (unpaired) electrons. The van der Waals surface area contributed by atoms with Crippen LogP contribution < -0.4 is 0 Å². The largest absolute Gasteiger partial charge is 0.330 e. The van der Waals surface area contributed by atoms with Gasteiger partial charge in [-0.15, -0.1) is 0 Å². The zero-order valence-corrected chi connectivity index (χ0v) is 17.7. The normalized spacial score (nSPS) is 15.4. The summed E-state index contributed by atoms with van der Waals surface area (Å²) in [6.07, 6.45) is 6.09. The van der Waals surface area contributed by atoms with Gasteiger partial charge in [0.1, 0.15) is 5.69 Å². The number of nitrogens with zero attached hydrogens (tertiary/aromatic N) is 4. The Labute approximate surface area is 178 Å². The second-order valence-corrected chi connectivity index (χ2v) is 8.09. The molecule has 3 aromatic rings. The second-order valence-electron chi connectivity index (χ2n) is 8.09. The third kappa shape index (κ3) is 4.85. The van der Waals surface area contributed by atoms with Gasteiger partial charge in [0.2, 0.25) is 0 Å². The highest BCUT2D eigenvalue weighted by atomic mass is 16.2. The Balaban J connectivity index is 1.55. The molecule has 1 fully saturated rings. The number of hydrogen-bond acceptors (Lipinski definition) is 4. The van der Waals surface area contributed by atoms with Gasteiger partial charge in [-0.1, -0.05) is 55.8 Å². The highest BCUT2D eigenvalue weighted by molar-refractivity contribution is 5.94. The van der Waals surface area contributed by atoms with E-state index in [9.17, 15) is 4.79 Å². The number of benzene rings is 2. The smallest absolute Gasteiger partial charge is 0.274 e. The zero-order valence-electron chi connectivity index (χ0n) is 17.7. The molecule has 5 nitrogen and oxygen atoms in total. The fourth-order valence-corrected chi connectivity index (χ4v) is 4.19. The van der Waals surface area contributed by atoms with Gasteiger partial charge in [0.05, 0.1) is 17.2 Å². The summed E-state index contributed by atoms with van der Waals surface area (Å²) in [6, 6.07) is 18.2. The molecule has 1 aliphatic heterocycles. The Kier molecular flexibility index (Phi) is 6.70. The molecule has 0 saturated carbocycles. The van der Waals surface area contributed by atoms with Gasteiger partial charge < -0.3 is 9.80 Å². The van der Waals surface area contributed by atoms with Crippen LogP contribution in [-0.4, -0.2) is 51.4 Å². The van der Waals surface area contributed by atoms with Crippen LogP contribution in [0.15, 0.2) is 60.8 Å². The predicted molar refractivity (Wildman–Crippen MR) is 120 cm³/mol. The Morgan fingerprint density at radius 2 is 1.73 bits per heavy atom. The van der Waals surface area contributed by atoms with Gasteiger partial charge in [-0.2, -0.15) is 0 Å². The van der Waals surface area contributed by atoms with Crippen molar-refractivity contribution in [3.63, 3.8) is 0 Å². The van der Waals surface area contributed by atoms with Crippen molar-refractivity contribution in [2.24, 2.45) is 0 Å². The summed E-state index contributed by atoms with van der Waals surface area (Å²) in [6.45, 7) is 6.09. The summed E-state index contributed by atoms with van der Waals surface area (Å²) >= 11 is 0. The SMILES string of the molecule is CCCCN1CCC(N(Cc2ccccc2)C(=O)c2cnc3ccccc3n2)CC1. The average molecular weight is 403 g/mol. The lowest BCUT2D eigenvalue weighted by Crippen LogP contribution is -2.47. The predicted octanol–water partition coefficient (Wildman–Crippen LogP) is 4.54. The van der Waals surface area contributed by atoms with E-state index in [2.05, 4.69) is 33.9 Å². The minimum atomic E-state index is -0.0240. The molecule has 0 atom stereocenters. The van der Waals surface area contributed by atoms with Gasteiger partial charge in [-0.05, 0) is 43.5 Å². The molecule has 0 N–H and O–H groups in total. The Hall–Kier alpha value is -2.79. The molecule has 5 heteroatoms. The maximum atomic E-state index is 13.6. The van der Waals surface area contributed by atoms with E-state index in [1.165, 1.54) is 12.8 Å². The van der Waals surface area contributed by atoms with Gasteiger partial charge in [-0.3, -0.25) is 9.78 Å². The van der Waals surface area contributed by atoms with E-state index >= 15 is 0 Å². The third-order valence-electron chi connectivity index (χ3n) is 5.95. The number of carbonyl (C=O) groups excluding carboxylic acids is 1. The van der Waals surface area contributed by atoms with Gasteiger partial charge in [-0.25, -0.2) is 4.98 Å². The molecule has 1 saturated heterocycles. The first-order valence-electron chi connectivity index (χ1n) is 11.0. The van der Waals surface area contributed by atoms with Crippen molar-refractivity contribution in [2.75, 3.05) is 19.6 Å². The van der Waals surface area contributed by atoms with Crippen LogP contribution in [0, 0.1) is 0 Å². The number of carbonyl (C=O) groups is 1. The van der Waals surface area contributed by atoms with Crippen LogP contribution >= 0.6 is 0 Å². The topological polar surface area (TPSA) is 49.3 Å². The maximum absolute atomic E-state index is 13.6. The number of likely N-dealkylation sites (tertiary alicyclic amines) is 1. The summed E-state index contributed by atoms with van der Waals surface area (Å²) in [7, 11) is 0. The van der Waals surface area contributed by atoms with Crippen molar-refractivity contribution in [3.05, 3.63) is 72.1 Å². The van der Waals surface area contributed by atoms with Crippen molar-refractivity contribution in [2.45, 2.75) is 45.2 Å². The minimum absolute atomic E-state index is 0.0240. The fraction of sp³-hybridized carbons (Fsp3) is 0.400. The highest BCUT2D eigenvalue weighted by Gasteiger charge is 2.29. The number of unbranched alkanes of at least 4 members (excludes halogenated alkanes) is 1. The maximum Gasteiger partial charge on any atom is 0.274 e. The molecule has 1 aliphatic rings. The summed E-state index contributed by atoms with van der Waals surface area (Å²) in [5, 5.41) is 0. The number of amides is 1. The lowest BCUT2D eigenvalue weighted by molar-refractivity contribution is 0.0543. The molecule has 0 spiro atoms. The Morgan fingerprint density at radius 3 is 2.47 bits per heavy atom. The van der Waals surface area contributed by atoms with Crippen molar-refractivity contribution in [3.8, 4) is 0 Å². The Bertz CT molecular complexity index is 967. The van der Waals surface area contributed by atoms with Crippen LogP contribution in [0.4, 0.5) is 0 Å². The van der Waals surface area contributed by atoms with Gasteiger partial charge in [0.25, 0.3) is 5.91 Å². The quantitative estimate of drug-likeness (QED) is 0.582. The van der Waals surface area contributed by atoms with Crippen LogP contribution in [0.3, 0.4) is 0 Å². The first kappa shape index (κ1) is 20.5. The summed E-state index contributed by atoms with van der Waals surface area (Å²) in [5.41, 5.74) is 3.15. The standard InChI is InChI=1S/C25H30N4O/c1-2-3-15-28-16-13-21(14-17-28)29(19-20-9-5-4-6-10-20)25(30)24-18-26-22-11-7-8-12-23(22)27-24/h4-12,18,21H,2-3,13-17,19H2,1H3. The molecule has 2 heterocycles. The molecule has 0 bridgehead atoms. The third-order valence-corrected chi connectivity index (χ3v) is 5.95. The summed E-state index contributed by atoms with van der Waals surface area (Å²) < 4.78 is 0. The number of aromatic nitrogens is 2. The number of rotatable bonds is 7. The van der Waals surface area contributed by atoms with Crippen LogP contribution in [0.1, 0.15) is 48.7 Å². The lowest BCUT2D eigenvalue weighted by atomic mass is 10.0. The van der Waals surface area contributed by atoms with E-state index in [4.69, 9.17) is 0 Å². The molecule has 4 rings (SSSR count). The van der Waals surface area contributed by atoms with Crippen LogP contribution in [-0.2, 0) is 6.54 Å². The van der Waals surface area contributed by atoms with Crippen molar-refractivity contribution < 1.29 is 4.79 Å². The van der Waals surface area contributed by atoms with Crippen LogP contribution in [0.5, 0.6) is 0 Å². The zero-order chi connectivity index (χ0) is 20.8. The molecule has 1 aromatic heterocycles. The number of hydrogen-bond donors (Lipinski definition) is 0. The van der Waals surface area contributed by atoms with Crippen LogP contribution in [0.2, 0.25) is 0 Å². The molecular weight excluding hydrogens is 372 g/mol. The summed E-state index contributed by atoms with van der Waals surface area (Å²) in [5.74, 6) is -0.0240. The van der Waals surface area contributed by atoms with Crippen molar-refractivity contribution in [1.29, 1.82) is 0 Å². The fourth-order valence-electron chi connectivity index (χ4n) is 4.19. The first-order chi connectivity index (χ1) is 14.7. The number of para-hydroxylation sites is 2. The van der Waals surface area contributed by atoms with Gasteiger partial charge >= 0.3 is 0 Å². The Morgan fingerprint density at radius 1 is 1.03 bits per heavy atom. The number of fused-ring (bicyclic) bond motifs is 1. The van der Waals surface area contributed by atoms with Gasteiger partial charge in [0.15, 0.2) is 0 Å². The van der Waals surface area contributed by atoms with E-state index in [-0.39, 0.29) is 11.9 Å². The van der Waals surface area contributed by atoms with Crippen molar-refractivity contribution >= 4 is 16.9 Å².